The van der Waals surface area contributed by atoms with E-state index < -0.39 is 0 Å². The fourth-order valence-corrected chi connectivity index (χ4v) is 2.84. The number of H-pyrrole nitrogens is 1. The molecule has 3 heteroatoms. The Kier molecular flexibility index (Phi) is 2.33. The maximum Gasteiger partial charge on any atom is 0.0653 e. The highest BCUT2D eigenvalue weighted by Crippen LogP contribution is 2.36. The molecule has 0 unspecified atom stereocenters. The summed E-state index contributed by atoms with van der Waals surface area (Å²) in [5.41, 5.74) is 12.7. The largest absolute Gasteiger partial charge is 0.397 e. The smallest absolute Gasteiger partial charge is 0.0653 e. The topological polar surface area (TPSA) is 53.8 Å². The predicted molar refractivity (Wildman–Crippen MR) is 85.5 cm³/mol. The summed E-state index contributed by atoms with van der Waals surface area (Å²) in [7, 11) is 0. The van der Waals surface area contributed by atoms with Crippen LogP contribution in [0.3, 0.4) is 0 Å². The molecule has 0 atom stereocenters. The molecule has 20 heavy (non-hydrogen) atoms. The number of anilines is 2. The first kappa shape index (κ1) is 11.2. The quantitative estimate of drug-likeness (QED) is 0.585. The molecule has 0 radical (unpaired) electrons. The molecule has 98 valence electrons. The number of hydrogen-bond donors (Lipinski definition) is 3. The van der Waals surface area contributed by atoms with Crippen molar-refractivity contribution >= 4 is 33.9 Å². The SMILES string of the molecule is Nc1cccc2c1NCC2=Cc1c[nH]c2ccccc12. The van der Waals surface area contributed by atoms with Gasteiger partial charge in [-0.05, 0) is 23.8 Å². The van der Waals surface area contributed by atoms with E-state index in [1.54, 1.807) is 0 Å². The Balaban J connectivity index is 1.85. The van der Waals surface area contributed by atoms with E-state index in [1.165, 1.54) is 22.1 Å². The van der Waals surface area contributed by atoms with E-state index in [4.69, 9.17) is 5.73 Å². The predicted octanol–water partition coefficient (Wildman–Crippen LogP) is 3.72. The van der Waals surface area contributed by atoms with Crippen molar-refractivity contribution in [1.29, 1.82) is 0 Å². The maximum absolute atomic E-state index is 6.00. The molecule has 1 aromatic heterocycles. The second-order valence-corrected chi connectivity index (χ2v) is 5.08. The summed E-state index contributed by atoms with van der Waals surface area (Å²) in [5.74, 6) is 0. The molecule has 2 aromatic carbocycles. The number of para-hydroxylation sites is 2. The third-order valence-corrected chi connectivity index (χ3v) is 3.85. The van der Waals surface area contributed by atoms with Crippen molar-refractivity contribution in [2.45, 2.75) is 0 Å². The molecule has 0 fully saturated rings. The second-order valence-electron chi connectivity index (χ2n) is 5.08. The van der Waals surface area contributed by atoms with Gasteiger partial charge < -0.3 is 16.0 Å². The Bertz CT molecular complexity index is 827. The standard InChI is InChI=1S/C17H15N3/c18-15-6-3-5-14-12(10-20-17(14)15)8-11-9-19-16-7-2-1-4-13(11)16/h1-9,19-20H,10,18H2. The van der Waals surface area contributed by atoms with Gasteiger partial charge >= 0.3 is 0 Å². The Morgan fingerprint density at radius 3 is 2.90 bits per heavy atom. The number of hydrogen-bond acceptors (Lipinski definition) is 2. The first-order valence-electron chi connectivity index (χ1n) is 6.72. The van der Waals surface area contributed by atoms with Crippen molar-refractivity contribution in [3.63, 3.8) is 0 Å². The Morgan fingerprint density at radius 2 is 1.95 bits per heavy atom. The van der Waals surface area contributed by atoms with Gasteiger partial charge in [0.2, 0.25) is 0 Å². The lowest BCUT2D eigenvalue weighted by Gasteiger charge is -2.02. The summed E-state index contributed by atoms with van der Waals surface area (Å²) in [6.45, 7) is 0.822. The van der Waals surface area contributed by atoms with Gasteiger partial charge in [-0.3, -0.25) is 0 Å². The van der Waals surface area contributed by atoms with Crippen LogP contribution in [-0.2, 0) is 0 Å². The number of rotatable bonds is 1. The van der Waals surface area contributed by atoms with E-state index in [1.807, 2.05) is 18.2 Å². The van der Waals surface area contributed by atoms with Crippen molar-refractivity contribution < 1.29 is 0 Å². The number of aromatic nitrogens is 1. The molecule has 3 aromatic rings. The van der Waals surface area contributed by atoms with Crippen molar-refractivity contribution in [2.24, 2.45) is 0 Å². The molecule has 4 rings (SSSR count). The molecule has 0 saturated heterocycles. The lowest BCUT2D eigenvalue weighted by molar-refractivity contribution is 1.45. The number of nitrogen functional groups attached to an aromatic ring is 1. The van der Waals surface area contributed by atoms with Crippen LogP contribution in [0.1, 0.15) is 11.1 Å². The van der Waals surface area contributed by atoms with Crippen LogP contribution in [0.4, 0.5) is 11.4 Å². The molecule has 3 nitrogen and oxygen atoms in total. The van der Waals surface area contributed by atoms with Gasteiger partial charge in [-0.2, -0.15) is 0 Å². The molecule has 4 N–H and O–H groups in total. The van der Waals surface area contributed by atoms with Gasteiger partial charge in [0.15, 0.2) is 0 Å². The van der Waals surface area contributed by atoms with Gasteiger partial charge in [-0.25, -0.2) is 0 Å². The molecule has 0 saturated carbocycles. The van der Waals surface area contributed by atoms with Crippen LogP contribution in [0, 0.1) is 0 Å². The van der Waals surface area contributed by atoms with E-state index in [0.29, 0.717) is 0 Å². The van der Waals surface area contributed by atoms with E-state index in [2.05, 4.69) is 46.8 Å². The van der Waals surface area contributed by atoms with Crippen LogP contribution in [0.15, 0.2) is 48.7 Å². The van der Waals surface area contributed by atoms with Crippen molar-refractivity contribution in [3.05, 3.63) is 59.8 Å². The zero-order valence-corrected chi connectivity index (χ0v) is 11.0. The second kappa shape index (κ2) is 4.17. The van der Waals surface area contributed by atoms with Crippen LogP contribution >= 0.6 is 0 Å². The molecule has 0 aliphatic carbocycles. The summed E-state index contributed by atoms with van der Waals surface area (Å²) in [6, 6.07) is 14.4. The van der Waals surface area contributed by atoms with Crippen LogP contribution in [0.25, 0.3) is 22.6 Å². The van der Waals surface area contributed by atoms with Gasteiger partial charge in [-0.1, -0.05) is 30.3 Å². The molecular weight excluding hydrogens is 246 g/mol. The third-order valence-electron chi connectivity index (χ3n) is 3.85. The molecule has 0 spiro atoms. The highest BCUT2D eigenvalue weighted by Gasteiger charge is 2.17. The zero-order chi connectivity index (χ0) is 13.5. The van der Waals surface area contributed by atoms with E-state index in [9.17, 15) is 0 Å². The number of fused-ring (bicyclic) bond motifs is 2. The highest BCUT2D eigenvalue weighted by molar-refractivity contribution is 6.00. The lowest BCUT2D eigenvalue weighted by Crippen LogP contribution is -1.95. The fourth-order valence-electron chi connectivity index (χ4n) is 2.84. The minimum atomic E-state index is 0.810. The van der Waals surface area contributed by atoms with Gasteiger partial charge in [0.1, 0.15) is 0 Å². The molecule has 1 aliphatic heterocycles. The van der Waals surface area contributed by atoms with Crippen LogP contribution < -0.4 is 11.1 Å². The Morgan fingerprint density at radius 1 is 1.05 bits per heavy atom. The highest BCUT2D eigenvalue weighted by atomic mass is 14.9. The van der Waals surface area contributed by atoms with E-state index in [-0.39, 0.29) is 0 Å². The molecule has 0 amide bonds. The van der Waals surface area contributed by atoms with E-state index >= 15 is 0 Å². The minimum absolute atomic E-state index is 0.810. The lowest BCUT2D eigenvalue weighted by atomic mass is 10.0. The van der Waals surface area contributed by atoms with Gasteiger partial charge in [-0.15, -0.1) is 0 Å². The third kappa shape index (κ3) is 1.60. The normalized spacial score (nSPS) is 15.5. The summed E-state index contributed by atoms with van der Waals surface area (Å²) < 4.78 is 0. The van der Waals surface area contributed by atoms with Gasteiger partial charge in [0, 0.05) is 34.8 Å². The van der Waals surface area contributed by atoms with Crippen molar-refractivity contribution in [3.8, 4) is 0 Å². The Labute approximate surface area is 117 Å². The first-order valence-corrected chi connectivity index (χ1v) is 6.72. The van der Waals surface area contributed by atoms with Crippen LogP contribution in [-0.4, -0.2) is 11.5 Å². The van der Waals surface area contributed by atoms with Crippen LogP contribution in [0.2, 0.25) is 0 Å². The summed E-state index contributed by atoms with van der Waals surface area (Å²) in [4.78, 5) is 3.31. The number of aromatic amines is 1. The molecule has 0 bridgehead atoms. The average molecular weight is 261 g/mol. The summed E-state index contributed by atoms with van der Waals surface area (Å²) in [5, 5.41) is 4.62. The fraction of sp³-hybridized carbons (Fsp3) is 0.0588. The molecular formula is C17H15N3. The van der Waals surface area contributed by atoms with Gasteiger partial charge in [0.25, 0.3) is 0 Å². The monoisotopic (exact) mass is 261 g/mol. The number of nitrogens with one attached hydrogen (secondary N) is 2. The number of nitrogens with two attached hydrogens (primary N) is 1. The summed E-state index contributed by atoms with van der Waals surface area (Å²) >= 11 is 0. The molecule has 1 aliphatic rings. The number of benzene rings is 2. The van der Waals surface area contributed by atoms with Crippen LogP contribution in [0.5, 0.6) is 0 Å². The van der Waals surface area contributed by atoms with Gasteiger partial charge in [0.05, 0.1) is 11.4 Å². The zero-order valence-electron chi connectivity index (χ0n) is 11.0. The molecule has 2 heterocycles. The summed E-state index contributed by atoms with van der Waals surface area (Å²) in [6.07, 6.45) is 4.29. The average Bonchev–Trinajstić information content (AvgIpc) is 3.06. The Hall–Kier alpha value is -2.68. The first-order chi connectivity index (χ1) is 9.83. The minimum Gasteiger partial charge on any atom is -0.397 e. The van der Waals surface area contributed by atoms with Crippen molar-refractivity contribution in [1.82, 2.24) is 4.98 Å². The van der Waals surface area contributed by atoms with E-state index in [0.717, 1.165) is 23.4 Å². The van der Waals surface area contributed by atoms with Crippen molar-refractivity contribution in [2.75, 3.05) is 17.6 Å². The maximum atomic E-state index is 6.00.